The lowest BCUT2D eigenvalue weighted by molar-refractivity contribution is -0.152. The number of carboxylic acids is 1. The monoisotopic (exact) mass is 280 g/mol. The standard InChI is InChI=1S/C15H24N2O3/c1-4-9-16(10-5-2)14(20)17-11-7-15(6-3,8-12-17)13(18)19/h1H,5-12H2,2-3H3,(H,18,19). The predicted molar refractivity (Wildman–Crippen MR) is 77.3 cm³/mol. The molecule has 1 saturated heterocycles. The van der Waals surface area contributed by atoms with E-state index < -0.39 is 11.4 Å². The molecule has 1 heterocycles. The number of terminal acetylenes is 1. The van der Waals surface area contributed by atoms with E-state index >= 15 is 0 Å². The molecule has 0 aromatic heterocycles. The maximum absolute atomic E-state index is 12.4. The number of aliphatic carboxylic acids is 1. The summed E-state index contributed by atoms with van der Waals surface area (Å²) in [4.78, 5) is 27.1. The zero-order chi connectivity index (χ0) is 15.2. The maximum Gasteiger partial charge on any atom is 0.320 e. The van der Waals surface area contributed by atoms with Crippen LogP contribution in [-0.2, 0) is 4.79 Å². The molecule has 0 spiro atoms. The molecule has 20 heavy (non-hydrogen) atoms. The van der Waals surface area contributed by atoms with Gasteiger partial charge in [0.25, 0.3) is 0 Å². The van der Waals surface area contributed by atoms with Gasteiger partial charge < -0.3 is 14.9 Å². The molecule has 0 unspecified atom stereocenters. The molecule has 1 rings (SSSR count). The van der Waals surface area contributed by atoms with E-state index in [1.807, 2.05) is 13.8 Å². The maximum atomic E-state index is 12.4. The summed E-state index contributed by atoms with van der Waals surface area (Å²) in [5.74, 6) is 1.75. The van der Waals surface area contributed by atoms with E-state index in [0.29, 0.717) is 45.4 Å². The molecule has 0 radical (unpaired) electrons. The van der Waals surface area contributed by atoms with Gasteiger partial charge in [0.1, 0.15) is 0 Å². The second-order valence-corrected chi connectivity index (χ2v) is 5.33. The van der Waals surface area contributed by atoms with E-state index in [2.05, 4.69) is 5.92 Å². The molecule has 1 N–H and O–H groups in total. The first-order chi connectivity index (χ1) is 9.50. The fourth-order valence-corrected chi connectivity index (χ4v) is 2.67. The number of rotatable bonds is 5. The lowest BCUT2D eigenvalue weighted by atomic mass is 9.76. The van der Waals surface area contributed by atoms with Gasteiger partial charge in [-0.2, -0.15) is 0 Å². The average Bonchev–Trinajstić information content (AvgIpc) is 2.46. The van der Waals surface area contributed by atoms with E-state index in [1.165, 1.54) is 0 Å². The highest BCUT2D eigenvalue weighted by Crippen LogP contribution is 2.35. The summed E-state index contributed by atoms with van der Waals surface area (Å²) in [5, 5.41) is 9.35. The van der Waals surface area contributed by atoms with Crippen LogP contribution in [0, 0.1) is 17.8 Å². The second kappa shape index (κ2) is 7.18. The largest absolute Gasteiger partial charge is 0.481 e. The molecule has 0 aromatic rings. The van der Waals surface area contributed by atoms with Crippen LogP contribution in [0.3, 0.4) is 0 Å². The third-order valence-electron chi connectivity index (χ3n) is 4.17. The number of carboxylic acid groups (broad SMARTS) is 1. The number of carbonyl (C=O) groups excluding carboxylic acids is 1. The molecule has 5 nitrogen and oxygen atoms in total. The zero-order valence-corrected chi connectivity index (χ0v) is 12.4. The van der Waals surface area contributed by atoms with Gasteiger partial charge >= 0.3 is 12.0 Å². The molecule has 0 bridgehead atoms. The van der Waals surface area contributed by atoms with Gasteiger partial charge in [-0.25, -0.2) is 4.79 Å². The normalized spacial score (nSPS) is 17.4. The van der Waals surface area contributed by atoms with Crippen molar-refractivity contribution in [3.63, 3.8) is 0 Å². The molecule has 0 aromatic carbocycles. The lowest BCUT2D eigenvalue weighted by Crippen LogP contribution is -2.51. The van der Waals surface area contributed by atoms with Crippen LogP contribution in [0.1, 0.15) is 39.5 Å². The van der Waals surface area contributed by atoms with E-state index in [1.54, 1.807) is 9.80 Å². The number of carbonyl (C=O) groups is 2. The van der Waals surface area contributed by atoms with Crippen LogP contribution >= 0.6 is 0 Å². The van der Waals surface area contributed by atoms with Gasteiger partial charge in [-0.15, -0.1) is 6.42 Å². The molecular formula is C15H24N2O3. The number of nitrogens with zero attached hydrogens (tertiary/aromatic N) is 2. The Balaban J connectivity index is 2.66. The van der Waals surface area contributed by atoms with Crippen LogP contribution < -0.4 is 0 Å². The molecule has 1 aliphatic heterocycles. The van der Waals surface area contributed by atoms with Crippen molar-refractivity contribution in [3.05, 3.63) is 0 Å². The van der Waals surface area contributed by atoms with E-state index in [-0.39, 0.29) is 6.03 Å². The van der Waals surface area contributed by atoms with Crippen molar-refractivity contribution in [2.24, 2.45) is 5.41 Å². The Labute approximate surface area is 120 Å². The van der Waals surface area contributed by atoms with Crippen molar-refractivity contribution < 1.29 is 14.7 Å². The predicted octanol–water partition coefficient (Wildman–Crippen LogP) is 2.03. The highest BCUT2D eigenvalue weighted by Gasteiger charge is 2.41. The number of likely N-dealkylation sites (tertiary alicyclic amines) is 1. The van der Waals surface area contributed by atoms with Crippen LogP contribution in [0.2, 0.25) is 0 Å². The number of hydrogen-bond donors (Lipinski definition) is 1. The fraction of sp³-hybridized carbons (Fsp3) is 0.733. The molecule has 0 saturated carbocycles. The Bertz CT molecular complexity index is 392. The third kappa shape index (κ3) is 3.44. The first-order valence-corrected chi connectivity index (χ1v) is 7.21. The Kier molecular flexibility index (Phi) is 5.87. The van der Waals surface area contributed by atoms with Crippen LogP contribution in [0.15, 0.2) is 0 Å². The summed E-state index contributed by atoms with van der Waals surface area (Å²) < 4.78 is 0. The Morgan fingerprint density at radius 3 is 2.35 bits per heavy atom. The molecule has 0 aliphatic carbocycles. The minimum Gasteiger partial charge on any atom is -0.481 e. The molecule has 2 amide bonds. The van der Waals surface area contributed by atoms with Crippen molar-refractivity contribution in [2.75, 3.05) is 26.2 Å². The third-order valence-corrected chi connectivity index (χ3v) is 4.17. The lowest BCUT2D eigenvalue weighted by Gasteiger charge is -2.40. The summed E-state index contributed by atoms with van der Waals surface area (Å²) in [6.07, 6.45) is 7.78. The van der Waals surface area contributed by atoms with Crippen molar-refractivity contribution >= 4 is 12.0 Å². The fourth-order valence-electron chi connectivity index (χ4n) is 2.67. The Hall–Kier alpha value is -1.70. The second-order valence-electron chi connectivity index (χ2n) is 5.33. The summed E-state index contributed by atoms with van der Waals surface area (Å²) in [6, 6.07) is -0.0695. The minimum absolute atomic E-state index is 0.0695. The van der Waals surface area contributed by atoms with Gasteiger partial charge in [0.05, 0.1) is 12.0 Å². The van der Waals surface area contributed by atoms with Gasteiger partial charge in [0.2, 0.25) is 0 Å². The van der Waals surface area contributed by atoms with Crippen LogP contribution in [0.25, 0.3) is 0 Å². The molecule has 112 valence electrons. The molecule has 1 fully saturated rings. The van der Waals surface area contributed by atoms with Gasteiger partial charge in [0.15, 0.2) is 0 Å². The quantitative estimate of drug-likeness (QED) is 0.784. The highest BCUT2D eigenvalue weighted by molar-refractivity contribution is 5.77. The first kappa shape index (κ1) is 16.4. The summed E-state index contributed by atoms with van der Waals surface area (Å²) in [6.45, 7) is 5.82. The summed E-state index contributed by atoms with van der Waals surface area (Å²) in [7, 11) is 0. The van der Waals surface area contributed by atoms with E-state index in [4.69, 9.17) is 6.42 Å². The van der Waals surface area contributed by atoms with Crippen molar-refractivity contribution in [1.29, 1.82) is 0 Å². The summed E-state index contributed by atoms with van der Waals surface area (Å²) in [5.41, 5.74) is -0.668. The number of urea groups is 1. The molecule has 0 atom stereocenters. The van der Waals surface area contributed by atoms with Crippen LogP contribution in [-0.4, -0.2) is 53.1 Å². The van der Waals surface area contributed by atoms with E-state index in [0.717, 1.165) is 6.42 Å². The first-order valence-electron chi connectivity index (χ1n) is 7.21. The van der Waals surface area contributed by atoms with Gasteiger partial charge in [-0.1, -0.05) is 19.8 Å². The SMILES string of the molecule is C#CCN(CCC)C(=O)N1CCC(CC)(C(=O)O)CC1. The smallest absolute Gasteiger partial charge is 0.320 e. The Morgan fingerprint density at radius 2 is 1.95 bits per heavy atom. The molecule has 1 aliphatic rings. The molecular weight excluding hydrogens is 256 g/mol. The average molecular weight is 280 g/mol. The van der Waals surface area contributed by atoms with Crippen LogP contribution in [0.4, 0.5) is 4.79 Å². The van der Waals surface area contributed by atoms with Crippen molar-refractivity contribution in [2.45, 2.75) is 39.5 Å². The highest BCUT2D eigenvalue weighted by atomic mass is 16.4. The van der Waals surface area contributed by atoms with Gasteiger partial charge in [-0.3, -0.25) is 4.79 Å². The van der Waals surface area contributed by atoms with Crippen molar-refractivity contribution in [3.8, 4) is 12.3 Å². The summed E-state index contributed by atoms with van der Waals surface area (Å²) >= 11 is 0. The minimum atomic E-state index is -0.749. The van der Waals surface area contributed by atoms with Crippen molar-refractivity contribution in [1.82, 2.24) is 9.80 Å². The van der Waals surface area contributed by atoms with Crippen LogP contribution in [0.5, 0.6) is 0 Å². The van der Waals surface area contributed by atoms with E-state index in [9.17, 15) is 14.7 Å². The molecule has 5 heteroatoms. The van der Waals surface area contributed by atoms with Gasteiger partial charge in [-0.05, 0) is 25.7 Å². The number of piperidine rings is 1. The number of amides is 2. The Morgan fingerprint density at radius 1 is 1.35 bits per heavy atom. The topological polar surface area (TPSA) is 60.9 Å². The van der Waals surface area contributed by atoms with Gasteiger partial charge in [0, 0.05) is 19.6 Å². The number of hydrogen-bond acceptors (Lipinski definition) is 2. The zero-order valence-electron chi connectivity index (χ0n) is 12.4.